The fraction of sp³-hybridized carbons (Fsp3) is 0.421. The van der Waals surface area contributed by atoms with Crippen LogP contribution in [0.3, 0.4) is 0 Å². The first-order valence-corrected chi connectivity index (χ1v) is 8.84. The van der Waals surface area contributed by atoms with Crippen molar-refractivity contribution in [3.63, 3.8) is 0 Å². The summed E-state index contributed by atoms with van der Waals surface area (Å²) in [6.45, 7) is 6.27. The summed E-state index contributed by atoms with van der Waals surface area (Å²) in [5.74, 6) is -0.965. The maximum atomic E-state index is 12.6. The molecule has 0 saturated carbocycles. The third kappa shape index (κ3) is 4.70. The number of carbonyl (C=O) groups excluding carboxylic acids is 1. The maximum absolute atomic E-state index is 12.6. The molecule has 2 aromatic rings. The Kier molecular flexibility index (Phi) is 5.68. The van der Waals surface area contributed by atoms with Gasteiger partial charge in [-0.15, -0.1) is 0 Å². The number of nitrogens with zero attached hydrogens (tertiary/aromatic N) is 4. The van der Waals surface area contributed by atoms with E-state index in [1.165, 1.54) is 15.8 Å². The second-order valence-electron chi connectivity index (χ2n) is 6.67. The summed E-state index contributed by atoms with van der Waals surface area (Å²) in [5.41, 5.74) is 2.93. The molecule has 1 saturated heterocycles. The SMILES string of the molecule is Cc1cccc(CN2CCN(C(=O)c3ccn(CCC(=O)O)n3)CC2)c1. The summed E-state index contributed by atoms with van der Waals surface area (Å²) in [6, 6.07) is 10.2. The highest BCUT2D eigenvalue weighted by molar-refractivity contribution is 5.92. The van der Waals surface area contributed by atoms with Gasteiger partial charge in [0.1, 0.15) is 5.69 Å². The highest BCUT2D eigenvalue weighted by Gasteiger charge is 2.23. The van der Waals surface area contributed by atoms with Gasteiger partial charge < -0.3 is 10.0 Å². The Bertz CT molecular complexity index is 779. The van der Waals surface area contributed by atoms with Crippen LogP contribution in [0.1, 0.15) is 28.0 Å². The summed E-state index contributed by atoms with van der Waals surface area (Å²) in [7, 11) is 0. The molecule has 2 heterocycles. The van der Waals surface area contributed by atoms with Gasteiger partial charge in [-0.05, 0) is 18.6 Å². The van der Waals surface area contributed by atoms with E-state index in [9.17, 15) is 9.59 Å². The van der Waals surface area contributed by atoms with E-state index in [4.69, 9.17) is 5.11 Å². The lowest BCUT2D eigenvalue weighted by Gasteiger charge is -2.34. The maximum Gasteiger partial charge on any atom is 0.305 e. The Morgan fingerprint density at radius 2 is 1.92 bits per heavy atom. The van der Waals surface area contributed by atoms with E-state index in [-0.39, 0.29) is 18.9 Å². The van der Waals surface area contributed by atoms with Crippen LogP contribution in [0.4, 0.5) is 0 Å². The van der Waals surface area contributed by atoms with E-state index in [2.05, 4.69) is 41.2 Å². The zero-order valence-electron chi connectivity index (χ0n) is 15.0. The van der Waals surface area contributed by atoms with Gasteiger partial charge >= 0.3 is 5.97 Å². The molecule has 0 spiro atoms. The van der Waals surface area contributed by atoms with Crippen molar-refractivity contribution in [3.05, 3.63) is 53.3 Å². The number of hydrogen-bond donors (Lipinski definition) is 1. The van der Waals surface area contributed by atoms with E-state index in [1.54, 1.807) is 12.3 Å². The van der Waals surface area contributed by atoms with Crippen molar-refractivity contribution in [2.24, 2.45) is 0 Å². The quantitative estimate of drug-likeness (QED) is 0.851. The molecule has 138 valence electrons. The first-order chi connectivity index (χ1) is 12.5. The molecule has 26 heavy (non-hydrogen) atoms. The van der Waals surface area contributed by atoms with Crippen LogP contribution < -0.4 is 0 Å². The van der Waals surface area contributed by atoms with Crippen molar-refractivity contribution in [2.75, 3.05) is 26.2 Å². The second-order valence-corrected chi connectivity index (χ2v) is 6.67. The molecule has 0 atom stereocenters. The molecule has 1 aliphatic rings. The smallest absolute Gasteiger partial charge is 0.305 e. The van der Waals surface area contributed by atoms with Crippen molar-refractivity contribution in [1.29, 1.82) is 0 Å². The van der Waals surface area contributed by atoms with Crippen LogP contribution in [-0.2, 0) is 17.9 Å². The summed E-state index contributed by atoms with van der Waals surface area (Å²) in [5, 5.41) is 12.9. The molecule has 1 aromatic carbocycles. The molecule has 7 heteroatoms. The van der Waals surface area contributed by atoms with Gasteiger partial charge in [-0.2, -0.15) is 5.10 Å². The summed E-state index contributed by atoms with van der Waals surface area (Å²) >= 11 is 0. The first-order valence-electron chi connectivity index (χ1n) is 8.84. The Morgan fingerprint density at radius 3 is 2.62 bits per heavy atom. The number of aromatic nitrogens is 2. The minimum Gasteiger partial charge on any atom is -0.481 e. The number of carbonyl (C=O) groups is 2. The topological polar surface area (TPSA) is 78.7 Å². The fourth-order valence-corrected chi connectivity index (χ4v) is 3.15. The molecule has 0 radical (unpaired) electrons. The monoisotopic (exact) mass is 356 g/mol. The number of aryl methyl sites for hydroxylation is 2. The van der Waals surface area contributed by atoms with E-state index >= 15 is 0 Å². The zero-order chi connectivity index (χ0) is 18.5. The average molecular weight is 356 g/mol. The van der Waals surface area contributed by atoms with Crippen LogP contribution in [-0.4, -0.2) is 62.7 Å². The Balaban J connectivity index is 1.51. The Hall–Kier alpha value is -2.67. The fourth-order valence-electron chi connectivity index (χ4n) is 3.15. The van der Waals surface area contributed by atoms with Gasteiger partial charge in [0.25, 0.3) is 5.91 Å². The van der Waals surface area contributed by atoms with Crippen molar-refractivity contribution in [3.8, 4) is 0 Å². The van der Waals surface area contributed by atoms with Gasteiger partial charge in [-0.1, -0.05) is 29.8 Å². The molecule has 0 unspecified atom stereocenters. The number of carboxylic acids is 1. The lowest BCUT2D eigenvalue weighted by atomic mass is 10.1. The Labute approximate surface area is 152 Å². The van der Waals surface area contributed by atoms with Crippen LogP contribution in [0.5, 0.6) is 0 Å². The third-order valence-corrected chi connectivity index (χ3v) is 4.56. The largest absolute Gasteiger partial charge is 0.481 e. The van der Waals surface area contributed by atoms with E-state index in [0.29, 0.717) is 18.8 Å². The number of aliphatic carboxylic acids is 1. The van der Waals surface area contributed by atoms with Crippen LogP contribution in [0.2, 0.25) is 0 Å². The second kappa shape index (κ2) is 8.14. The molecule has 7 nitrogen and oxygen atoms in total. The van der Waals surface area contributed by atoms with Crippen molar-refractivity contribution >= 4 is 11.9 Å². The average Bonchev–Trinajstić information content (AvgIpc) is 3.09. The van der Waals surface area contributed by atoms with Crippen molar-refractivity contribution in [1.82, 2.24) is 19.6 Å². The first kappa shape index (κ1) is 18.1. The van der Waals surface area contributed by atoms with Crippen LogP contribution in [0.25, 0.3) is 0 Å². The minimum atomic E-state index is -0.877. The Morgan fingerprint density at radius 1 is 1.15 bits per heavy atom. The highest BCUT2D eigenvalue weighted by atomic mass is 16.4. The predicted octanol–water partition coefficient (Wildman–Crippen LogP) is 1.62. The van der Waals surface area contributed by atoms with Gasteiger partial charge in [0.2, 0.25) is 0 Å². The van der Waals surface area contributed by atoms with Gasteiger partial charge in [0.05, 0.1) is 13.0 Å². The molecule has 1 amide bonds. The number of amides is 1. The molecular formula is C19H24N4O3. The van der Waals surface area contributed by atoms with Crippen LogP contribution in [0.15, 0.2) is 36.5 Å². The zero-order valence-corrected chi connectivity index (χ0v) is 15.0. The molecule has 1 fully saturated rings. The summed E-state index contributed by atoms with van der Waals surface area (Å²) in [4.78, 5) is 27.4. The predicted molar refractivity (Wildman–Crippen MR) is 96.8 cm³/mol. The molecule has 0 bridgehead atoms. The van der Waals surface area contributed by atoms with Crippen molar-refractivity contribution < 1.29 is 14.7 Å². The number of benzene rings is 1. The summed E-state index contributed by atoms with van der Waals surface area (Å²) < 4.78 is 1.51. The third-order valence-electron chi connectivity index (χ3n) is 4.56. The van der Waals surface area contributed by atoms with Crippen LogP contribution >= 0.6 is 0 Å². The lowest BCUT2D eigenvalue weighted by molar-refractivity contribution is -0.137. The number of carboxylic acid groups (broad SMARTS) is 1. The van der Waals surface area contributed by atoms with Crippen molar-refractivity contribution in [2.45, 2.75) is 26.4 Å². The van der Waals surface area contributed by atoms with Gasteiger partial charge in [-0.25, -0.2) is 0 Å². The van der Waals surface area contributed by atoms with E-state index in [1.807, 2.05) is 4.90 Å². The number of hydrogen-bond acceptors (Lipinski definition) is 4. The molecular weight excluding hydrogens is 332 g/mol. The molecule has 1 aromatic heterocycles. The normalized spacial score (nSPS) is 15.2. The number of rotatable bonds is 6. The molecule has 3 rings (SSSR count). The molecule has 0 aliphatic carbocycles. The van der Waals surface area contributed by atoms with E-state index in [0.717, 1.165) is 19.6 Å². The minimum absolute atomic E-state index is 0.00700. The number of piperazine rings is 1. The molecule has 1 N–H and O–H groups in total. The van der Waals surface area contributed by atoms with Gasteiger partial charge in [0.15, 0.2) is 0 Å². The highest BCUT2D eigenvalue weighted by Crippen LogP contribution is 2.12. The summed E-state index contributed by atoms with van der Waals surface area (Å²) in [6.07, 6.45) is 1.65. The van der Waals surface area contributed by atoms with E-state index < -0.39 is 5.97 Å². The van der Waals surface area contributed by atoms with Gasteiger partial charge in [0, 0.05) is 38.9 Å². The standard InChI is InChI=1S/C19H24N4O3/c1-15-3-2-4-16(13-15)14-21-9-11-22(12-10-21)19(26)17-5-7-23(20-17)8-6-18(24)25/h2-5,7,13H,6,8-12,14H2,1H3,(H,24,25). The lowest BCUT2D eigenvalue weighted by Crippen LogP contribution is -2.48. The molecule has 1 aliphatic heterocycles. The van der Waals surface area contributed by atoms with Crippen LogP contribution in [0, 0.1) is 6.92 Å². The van der Waals surface area contributed by atoms with Gasteiger partial charge in [-0.3, -0.25) is 19.2 Å².